The van der Waals surface area contributed by atoms with E-state index in [9.17, 15) is 27.6 Å². The Labute approximate surface area is 215 Å². The number of hydrogen-bond acceptors (Lipinski definition) is 5. The smallest absolute Gasteiger partial charge is 0.385 e. The number of halogens is 5. The second kappa shape index (κ2) is 9.04. The molecule has 4 atom stereocenters. The lowest BCUT2D eigenvalue weighted by atomic mass is 9.62. The van der Waals surface area contributed by atoms with Crippen molar-refractivity contribution in [3.8, 4) is 0 Å². The second-order valence-corrected chi connectivity index (χ2v) is 11.1. The molecular formula is C25H23Cl2F3N2O4. The largest absolute Gasteiger partial charge is 0.491 e. The number of hydrogen-bond donors (Lipinski definition) is 2. The van der Waals surface area contributed by atoms with E-state index in [1.807, 2.05) is 20.8 Å². The Kier molecular flexibility index (Phi) is 6.64. The van der Waals surface area contributed by atoms with E-state index in [0.29, 0.717) is 33.3 Å². The van der Waals surface area contributed by atoms with E-state index in [1.54, 1.807) is 42.5 Å². The van der Waals surface area contributed by atoms with Crippen LogP contribution in [0, 0.1) is 5.41 Å². The fourth-order valence-corrected chi connectivity index (χ4v) is 5.68. The normalized spacial score (nSPS) is 25.6. The van der Waals surface area contributed by atoms with Crippen LogP contribution in [0.2, 0.25) is 10.0 Å². The number of rotatable bonds is 3. The van der Waals surface area contributed by atoms with Crippen LogP contribution >= 0.6 is 23.2 Å². The number of carbonyl (C=O) groups excluding carboxylic acids is 3. The van der Waals surface area contributed by atoms with Crippen LogP contribution in [0.15, 0.2) is 42.5 Å². The molecule has 2 N–H and O–H groups in total. The molecule has 2 aromatic rings. The molecule has 2 aliphatic heterocycles. The number of nitrogens with one attached hydrogen (secondary N) is 2. The average Bonchev–Trinajstić information content (AvgIpc) is 3.21. The number of carbonyl (C=O) groups is 3. The van der Waals surface area contributed by atoms with Gasteiger partial charge in [-0.05, 0) is 47.2 Å². The van der Waals surface area contributed by atoms with Crippen LogP contribution in [-0.4, -0.2) is 36.1 Å². The van der Waals surface area contributed by atoms with Crippen molar-refractivity contribution in [1.82, 2.24) is 5.32 Å². The molecule has 1 spiro atoms. The number of ether oxygens (including phenoxy) is 1. The third kappa shape index (κ3) is 4.60. The highest BCUT2D eigenvalue weighted by atomic mass is 35.5. The molecule has 2 aromatic carbocycles. The Morgan fingerprint density at radius 3 is 2.33 bits per heavy atom. The third-order valence-electron chi connectivity index (χ3n) is 6.51. The maximum Gasteiger partial charge on any atom is 0.491 e. The van der Waals surface area contributed by atoms with Gasteiger partial charge in [-0.2, -0.15) is 13.2 Å². The molecule has 6 nitrogen and oxygen atoms in total. The summed E-state index contributed by atoms with van der Waals surface area (Å²) in [6, 6.07) is 9.04. The lowest BCUT2D eigenvalue weighted by Crippen LogP contribution is -2.49. The van der Waals surface area contributed by atoms with E-state index in [1.165, 1.54) is 0 Å². The molecule has 11 heteroatoms. The predicted molar refractivity (Wildman–Crippen MR) is 128 cm³/mol. The van der Waals surface area contributed by atoms with E-state index < -0.39 is 47.4 Å². The summed E-state index contributed by atoms with van der Waals surface area (Å²) in [6.07, 6.45) is -5.01. The first-order valence-corrected chi connectivity index (χ1v) is 11.9. The first-order chi connectivity index (χ1) is 16.6. The molecule has 1 fully saturated rings. The zero-order chi connectivity index (χ0) is 26.6. The van der Waals surface area contributed by atoms with Crippen LogP contribution in [0.5, 0.6) is 0 Å². The molecule has 0 aromatic heterocycles. The maximum atomic E-state index is 13.9. The zero-order valence-electron chi connectivity index (χ0n) is 19.5. The molecule has 0 aliphatic carbocycles. The topological polar surface area (TPSA) is 84.5 Å². The molecule has 2 aliphatic rings. The van der Waals surface area contributed by atoms with Crippen LogP contribution in [0.25, 0.3) is 0 Å². The van der Waals surface area contributed by atoms with Crippen LogP contribution in [0.4, 0.5) is 18.9 Å². The first-order valence-electron chi connectivity index (χ1n) is 11.1. The molecule has 1 saturated heterocycles. The molecule has 2 heterocycles. The lowest BCUT2D eigenvalue weighted by molar-refractivity contribution is -0.202. The molecule has 1 unspecified atom stereocenters. The standard InChI is InChI=1S/C25H23Cl2F3N2O4/c1-23(2,3)11-17-24(15-8-7-14(27)10-16(15)31-21(24)34)18(12-5-4-6-13(26)9-12)19(32-17)20(33)36-22(35)25(28,29)30/h4-10,17-19,32H,11H2,1-3H3,(H,31,34)/t17-,18+,19+,24?/m0/s1. The van der Waals surface area contributed by atoms with E-state index in [-0.39, 0.29) is 5.41 Å². The Balaban J connectivity index is 1.94. The Morgan fingerprint density at radius 2 is 1.72 bits per heavy atom. The highest BCUT2D eigenvalue weighted by Gasteiger charge is 2.66. The van der Waals surface area contributed by atoms with Gasteiger partial charge in [0.2, 0.25) is 5.91 Å². The van der Waals surface area contributed by atoms with Gasteiger partial charge in [-0.25, -0.2) is 9.59 Å². The minimum Gasteiger partial charge on any atom is -0.385 e. The van der Waals surface area contributed by atoms with Gasteiger partial charge in [0.25, 0.3) is 0 Å². The average molecular weight is 543 g/mol. The summed E-state index contributed by atoms with van der Waals surface area (Å²) in [4.78, 5) is 38.5. The maximum absolute atomic E-state index is 13.9. The number of esters is 2. The van der Waals surface area contributed by atoms with E-state index in [4.69, 9.17) is 23.2 Å². The monoisotopic (exact) mass is 542 g/mol. The number of alkyl halides is 3. The Morgan fingerprint density at radius 1 is 1.06 bits per heavy atom. The van der Waals surface area contributed by atoms with Crippen molar-refractivity contribution in [2.24, 2.45) is 5.41 Å². The number of amides is 1. The summed E-state index contributed by atoms with van der Waals surface area (Å²) < 4.78 is 43.0. The summed E-state index contributed by atoms with van der Waals surface area (Å²) in [5, 5.41) is 6.56. The zero-order valence-corrected chi connectivity index (χ0v) is 21.0. The van der Waals surface area contributed by atoms with Gasteiger partial charge < -0.3 is 10.1 Å². The van der Waals surface area contributed by atoms with Gasteiger partial charge in [-0.1, -0.05) is 62.2 Å². The fourth-order valence-electron chi connectivity index (χ4n) is 5.31. The minimum atomic E-state index is -5.36. The van der Waals surface area contributed by atoms with Crippen molar-refractivity contribution < 1.29 is 32.3 Å². The van der Waals surface area contributed by atoms with Crippen molar-refractivity contribution in [2.75, 3.05) is 5.32 Å². The number of anilines is 1. The second-order valence-electron chi connectivity index (χ2n) is 10.2. The number of fused-ring (bicyclic) bond motifs is 2. The van der Waals surface area contributed by atoms with Crippen LogP contribution in [-0.2, 0) is 24.5 Å². The highest BCUT2D eigenvalue weighted by Crippen LogP contribution is 2.56. The molecule has 36 heavy (non-hydrogen) atoms. The Bertz CT molecular complexity index is 1240. The van der Waals surface area contributed by atoms with Gasteiger partial charge >= 0.3 is 18.1 Å². The molecule has 1 amide bonds. The van der Waals surface area contributed by atoms with Crippen LogP contribution in [0.1, 0.15) is 44.2 Å². The van der Waals surface area contributed by atoms with E-state index >= 15 is 0 Å². The SMILES string of the molecule is CC(C)(C)C[C@@H]1N[C@@H](C(=O)OC(=O)C(F)(F)F)[C@@H](c2cccc(Cl)c2)C12C(=O)Nc1cc(Cl)ccc12. The molecule has 4 rings (SSSR count). The summed E-state index contributed by atoms with van der Waals surface area (Å²) in [7, 11) is 0. The van der Waals surface area contributed by atoms with E-state index in [2.05, 4.69) is 15.4 Å². The van der Waals surface area contributed by atoms with Crippen molar-refractivity contribution in [2.45, 2.75) is 56.8 Å². The number of benzene rings is 2. The summed E-state index contributed by atoms with van der Waals surface area (Å²) in [6.45, 7) is 5.81. The van der Waals surface area contributed by atoms with Gasteiger partial charge in [-0.3, -0.25) is 10.1 Å². The highest BCUT2D eigenvalue weighted by molar-refractivity contribution is 6.31. The van der Waals surface area contributed by atoms with Gasteiger partial charge in [0.1, 0.15) is 11.5 Å². The third-order valence-corrected chi connectivity index (χ3v) is 6.98. The summed E-state index contributed by atoms with van der Waals surface area (Å²) in [5.74, 6) is -5.58. The fraction of sp³-hybridized carbons (Fsp3) is 0.400. The van der Waals surface area contributed by atoms with Gasteiger partial charge in [0, 0.05) is 27.7 Å². The van der Waals surface area contributed by atoms with Crippen LogP contribution in [0.3, 0.4) is 0 Å². The minimum absolute atomic E-state index is 0.301. The van der Waals surface area contributed by atoms with Crippen molar-refractivity contribution in [3.05, 3.63) is 63.6 Å². The predicted octanol–water partition coefficient (Wildman–Crippen LogP) is 5.38. The molecule has 0 bridgehead atoms. The Hall–Kier alpha value is -2.62. The summed E-state index contributed by atoms with van der Waals surface area (Å²) in [5.41, 5.74) is -0.421. The van der Waals surface area contributed by atoms with Crippen molar-refractivity contribution in [3.63, 3.8) is 0 Å². The lowest BCUT2D eigenvalue weighted by Gasteiger charge is -2.37. The first kappa shape index (κ1) is 26.4. The summed E-state index contributed by atoms with van der Waals surface area (Å²) >= 11 is 12.4. The van der Waals surface area contributed by atoms with Gasteiger partial charge in [0.05, 0.1) is 0 Å². The van der Waals surface area contributed by atoms with Crippen LogP contribution < -0.4 is 10.6 Å². The molecule has 0 radical (unpaired) electrons. The molecule has 0 saturated carbocycles. The molecular weight excluding hydrogens is 520 g/mol. The molecule has 192 valence electrons. The quantitative estimate of drug-likeness (QED) is 0.402. The van der Waals surface area contributed by atoms with Crippen molar-refractivity contribution in [1.29, 1.82) is 0 Å². The van der Waals surface area contributed by atoms with Crippen molar-refractivity contribution >= 4 is 46.7 Å². The van der Waals surface area contributed by atoms with E-state index in [0.717, 1.165) is 0 Å². The van der Waals surface area contributed by atoms with Gasteiger partial charge in [0.15, 0.2) is 0 Å². The van der Waals surface area contributed by atoms with Gasteiger partial charge in [-0.15, -0.1) is 0 Å².